The van der Waals surface area contributed by atoms with Crippen LogP contribution in [0.25, 0.3) is 10.6 Å². The molecule has 0 aliphatic rings. The molecule has 3 heterocycles. The van der Waals surface area contributed by atoms with Gasteiger partial charge in [-0.2, -0.15) is 5.10 Å². The lowest BCUT2D eigenvalue weighted by molar-refractivity contribution is 0.0937. The molecule has 1 N–H and O–H groups in total. The summed E-state index contributed by atoms with van der Waals surface area (Å²) in [6, 6.07) is 9.43. The Balaban J connectivity index is 1.61. The highest BCUT2D eigenvalue weighted by molar-refractivity contribution is 7.13. The number of carbonyl (C=O) groups is 1. The maximum atomic E-state index is 12.9. The van der Waals surface area contributed by atoms with Gasteiger partial charge in [0.25, 0.3) is 5.91 Å². The van der Waals surface area contributed by atoms with E-state index >= 15 is 0 Å². The van der Waals surface area contributed by atoms with Gasteiger partial charge in [0.15, 0.2) is 0 Å². The fourth-order valence-corrected chi connectivity index (χ4v) is 3.62. The summed E-state index contributed by atoms with van der Waals surface area (Å²) in [6.45, 7) is 0. The lowest BCUT2D eigenvalue weighted by atomic mass is 10.1. The van der Waals surface area contributed by atoms with Crippen molar-refractivity contribution in [2.45, 2.75) is 6.04 Å². The molecule has 8 heteroatoms. The SMILES string of the molecule is Cn1cc(-c2nc(C(=O)N[C@H](c3ccccc3)c3nccn3C)cs2)cn1. The minimum Gasteiger partial charge on any atom is -0.337 e. The van der Waals surface area contributed by atoms with E-state index in [-0.39, 0.29) is 11.9 Å². The molecule has 0 saturated carbocycles. The van der Waals surface area contributed by atoms with Gasteiger partial charge in [-0.05, 0) is 5.56 Å². The number of aryl methyl sites for hydroxylation is 2. The molecular formula is C19H18N6OS. The van der Waals surface area contributed by atoms with Gasteiger partial charge >= 0.3 is 0 Å². The zero-order valence-electron chi connectivity index (χ0n) is 14.9. The average Bonchev–Trinajstić information content (AvgIpc) is 3.41. The van der Waals surface area contributed by atoms with Gasteiger partial charge in [-0.15, -0.1) is 11.3 Å². The van der Waals surface area contributed by atoms with Crippen LogP contribution in [0.1, 0.15) is 27.9 Å². The van der Waals surface area contributed by atoms with Crippen LogP contribution in [0.4, 0.5) is 0 Å². The van der Waals surface area contributed by atoms with Crippen molar-refractivity contribution in [2.75, 3.05) is 0 Å². The van der Waals surface area contributed by atoms with Gasteiger partial charge in [-0.25, -0.2) is 9.97 Å². The van der Waals surface area contributed by atoms with E-state index < -0.39 is 0 Å². The summed E-state index contributed by atoms with van der Waals surface area (Å²) in [5.41, 5.74) is 2.24. The molecule has 0 unspecified atom stereocenters. The van der Waals surface area contributed by atoms with Crippen LogP contribution in [-0.4, -0.2) is 30.2 Å². The van der Waals surface area contributed by atoms with Gasteiger partial charge < -0.3 is 9.88 Å². The van der Waals surface area contributed by atoms with Crippen LogP contribution in [0.3, 0.4) is 0 Å². The van der Waals surface area contributed by atoms with Gasteiger partial charge in [-0.1, -0.05) is 30.3 Å². The molecule has 1 amide bonds. The lowest BCUT2D eigenvalue weighted by Crippen LogP contribution is -2.31. The van der Waals surface area contributed by atoms with Crippen molar-refractivity contribution in [1.82, 2.24) is 29.6 Å². The van der Waals surface area contributed by atoms with Crippen LogP contribution in [0, 0.1) is 0 Å². The molecular weight excluding hydrogens is 360 g/mol. The van der Waals surface area contributed by atoms with Gasteiger partial charge in [-0.3, -0.25) is 9.48 Å². The highest BCUT2D eigenvalue weighted by Crippen LogP contribution is 2.24. The Labute approximate surface area is 160 Å². The highest BCUT2D eigenvalue weighted by atomic mass is 32.1. The number of rotatable bonds is 5. The van der Waals surface area contributed by atoms with Crippen molar-refractivity contribution in [3.8, 4) is 10.6 Å². The van der Waals surface area contributed by atoms with E-state index in [1.807, 2.05) is 61.4 Å². The number of imidazole rings is 1. The summed E-state index contributed by atoms with van der Waals surface area (Å²) in [6.07, 6.45) is 7.20. The van der Waals surface area contributed by atoms with Gasteiger partial charge in [0.1, 0.15) is 22.6 Å². The fraction of sp³-hybridized carbons (Fsp3) is 0.158. The Morgan fingerprint density at radius 3 is 2.70 bits per heavy atom. The molecule has 0 bridgehead atoms. The molecule has 0 aliphatic carbocycles. The smallest absolute Gasteiger partial charge is 0.271 e. The third-order valence-corrected chi connectivity index (χ3v) is 5.10. The molecule has 0 radical (unpaired) electrons. The Hall–Kier alpha value is -3.26. The molecule has 3 aromatic heterocycles. The van der Waals surface area contributed by atoms with E-state index in [2.05, 4.69) is 20.4 Å². The summed E-state index contributed by atoms with van der Waals surface area (Å²) in [5, 5.41) is 9.74. The van der Waals surface area contributed by atoms with Crippen LogP contribution in [0.15, 0.2) is 60.5 Å². The largest absolute Gasteiger partial charge is 0.337 e. The number of nitrogens with zero attached hydrogens (tertiary/aromatic N) is 5. The summed E-state index contributed by atoms with van der Waals surface area (Å²) in [4.78, 5) is 21.7. The minimum atomic E-state index is -0.359. The van der Waals surface area contributed by atoms with Gasteiger partial charge in [0.2, 0.25) is 0 Å². The van der Waals surface area contributed by atoms with Crippen molar-refractivity contribution in [3.05, 3.63) is 77.6 Å². The molecule has 4 aromatic rings. The first-order valence-corrected chi connectivity index (χ1v) is 9.27. The standard InChI is InChI=1S/C19H18N6OS/c1-24-9-8-20-17(24)16(13-6-4-3-5-7-13)23-18(26)15-12-27-19(22-15)14-10-21-25(2)11-14/h3-12,16H,1-2H3,(H,23,26)/t16-/m1/s1. The molecule has 0 aliphatic heterocycles. The lowest BCUT2D eigenvalue weighted by Gasteiger charge is -2.18. The number of benzene rings is 1. The molecule has 0 saturated heterocycles. The van der Waals surface area contributed by atoms with Crippen molar-refractivity contribution in [3.63, 3.8) is 0 Å². The Morgan fingerprint density at radius 2 is 2.04 bits per heavy atom. The van der Waals surface area contributed by atoms with Gasteiger partial charge in [0.05, 0.1) is 6.20 Å². The van der Waals surface area contributed by atoms with Crippen LogP contribution in [-0.2, 0) is 14.1 Å². The zero-order chi connectivity index (χ0) is 18.8. The normalized spacial score (nSPS) is 12.1. The second-order valence-corrected chi connectivity index (χ2v) is 7.01. The van der Waals surface area contributed by atoms with Crippen LogP contribution in [0.2, 0.25) is 0 Å². The zero-order valence-corrected chi connectivity index (χ0v) is 15.7. The number of hydrogen-bond acceptors (Lipinski definition) is 5. The predicted molar refractivity (Wildman–Crippen MR) is 103 cm³/mol. The highest BCUT2D eigenvalue weighted by Gasteiger charge is 2.22. The second-order valence-electron chi connectivity index (χ2n) is 6.15. The number of aromatic nitrogens is 5. The maximum Gasteiger partial charge on any atom is 0.271 e. The minimum absolute atomic E-state index is 0.238. The first kappa shape index (κ1) is 17.2. The van der Waals surface area contributed by atoms with Crippen LogP contribution in [0.5, 0.6) is 0 Å². The first-order valence-electron chi connectivity index (χ1n) is 8.39. The van der Waals surface area contributed by atoms with Crippen LogP contribution >= 0.6 is 11.3 Å². The number of hydrogen-bond donors (Lipinski definition) is 1. The molecule has 1 aromatic carbocycles. The molecule has 4 rings (SSSR count). The molecule has 0 spiro atoms. The quantitative estimate of drug-likeness (QED) is 0.579. The second kappa shape index (κ2) is 7.16. The van der Waals surface area contributed by atoms with Crippen LogP contribution < -0.4 is 5.32 Å². The molecule has 7 nitrogen and oxygen atoms in total. The molecule has 1 atom stereocenters. The molecule has 136 valence electrons. The topological polar surface area (TPSA) is 77.6 Å². The Kier molecular flexibility index (Phi) is 4.55. The fourth-order valence-electron chi connectivity index (χ4n) is 2.85. The van der Waals surface area contributed by atoms with E-state index in [1.165, 1.54) is 11.3 Å². The van der Waals surface area contributed by atoms with Crippen molar-refractivity contribution in [2.24, 2.45) is 14.1 Å². The Bertz CT molecular complexity index is 1060. The summed E-state index contributed by atoms with van der Waals surface area (Å²) in [7, 11) is 3.76. The number of thiazole rings is 1. The van der Waals surface area contributed by atoms with E-state index in [4.69, 9.17) is 0 Å². The van der Waals surface area contributed by atoms with Crippen molar-refractivity contribution < 1.29 is 4.79 Å². The Morgan fingerprint density at radius 1 is 1.22 bits per heavy atom. The van der Waals surface area contributed by atoms with Gasteiger partial charge in [0, 0.05) is 43.6 Å². The average molecular weight is 378 g/mol. The van der Waals surface area contributed by atoms with E-state index in [0.717, 1.165) is 22.0 Å². The summed E-state index contributed by atoms with van der Waals surface area (Å²) in [5.74, 6) is 0.524. The number of carbonyl (C=O) groups excluding carboxylic acids is 1. The summed E-state index contributed by atoms with van der Waals surface area (Å²) >= 11 is 1.42. The molecule has 0 fully saturated rings. The monoisotopic (exact) mass is 378 g/mol. The third kappa shape index (κ3) is 3.52. The maximum absolute atomic E-state index is 12.9. The van der Waals surface area contributed by atoms with Crippen molar-refractivity contribution >= 4 is 17.2 Å². The van der Waals surface area contributed by atoms with E-state index in [9.17, 15) is 4.79 Å². The molecule has 27 heavy (non-hydrogen) atoms. The van der Waals surface area contributed by atoms with Crippen molar-refractivity contribution in [1.29, 1.82) is 0 Å². The predicted octanol–water partition coefficient (Wildman–Crippen LogP) is 2.80. The van der Waals surface area contributed by atoms with E-state index in [0.29, 0.717) is 5.69 Å². The number of amides is 1. The third-order valence-electron chi connectivity index (χ3n) is 4.21. The first-order chi connectivity index (χ1) is 13.1. The summed E-state index contributed by atoms with van der Waals surface area (Å²) < 4.78 is 3.61. The van der Waals surface area contributed by atoms with E-state index in [1.54, 1.807) is 22.5 Å². The number of nitrogens with one attached hydrogen (secondary N) is 1.